The predicted molar refractivity (Wildman–Crippen MR) is 92.1 cm³/mol. The van der Waals surface area contributed by atoms with Crippen molar-refractivity contribution in [2.24, 2.45) is 5.41 Å². The molecule has 1 aromatic heterocycles. The Morgan fingerprint density at radius 2 is 1.92 bits per heavy atom. The molecule has 2 aromatic rings. The van der Waals surface area contributed by atoms with E-state index in [1.165, 1.54) is 0 Å². The van der Waals surface area contributed by atoms with Crippen molar-refractivity contribution >= 4 is 22.8 Å². The largest absolute Gasteiger partial charge is 0.481 e. The first kappa shape index (κ1) is 18.6. The molecule has 0 fully saturated rings. The summed E-state index contributed by atoms with van der Waals surface area (Å²) in [6.07, 6.45) is 0.875. The molecule has 0 spiro atoms. The Bertz CT molecular complexity index is 827. The summed E-state index contributed by atoms with van der Waals surface area (Å²) in [5.74, 6) is -1.25. The van der Waals surface area contributed by atoms with Crippen molar-refractivity contribution in [3.05, 3.63) is 34.6 Å². The third kappa shape index (κ3) is 4.01. The molecule has 1 amide bonds. The zero-order chi connectivity index (χ0) is 18.4. The highest BCUT2D eigenvalue weighted by Crippen LogP contribution is 2.25. The lowest BCUT2D eigenvalue weighted by molar-refractivity contribution is -0.149. The Labute approximate surface area is 144 Å². The van der Waals surface area contributed by atoms with Gasteiger partial charge >= 0.3 is 5.97 Å². The first-order valence-electron chi connectivity index (χ1n) is 8.26. The van der Waals surface area contributed by atoms with E-state index in [1.54, 1.807) is 38.1 Å². The second kappa shape index (κ2) is 7.87. The third-order valence-electron chi connectivity index (χ3n) is 4.61. The number of rotatable bonds is 8. The molecule has 0 atom stereocenters. The number of aromatic nitrogens is 3. The number of amides is 1. The van der Waals surface area contributed by atoms with Crippen LogP contribution in [0.3, 0.4) is 0 Å². The van der Waals surface area contributed by atoms with E-state index in [9.17, 15) is 19.5 Å². The minimum absolute atomic E-state index is 0.0239. The fraction of sp³-hybridized carbons (Fsp3) is 0.471. The van der Waals surface area contributed by atoms with Crippen LogP contribution in [0.2, 0.25) is 0 Å². The number of carboxylic acids is 1. The highest BCUT2D eigenvalue weighted by molar-refractivity contribution is 5.79. The number of carboxylic acid groups (broad SMARTS) is 1. The van der Waals surface area contributed by atoms with Gasteiger partial charge in [-0.15, -0.1) is 5.10 Å². The van der Waals surface area contributed by atoms with Gasteiger partial charge in [-0.1, -0.05) is 31.2 Å². The summed E-state index contributed by atoms with van der Waals surface area (Å²) < 4.78 is 1.14. The molecule has 2 N–H and O–H groups in total. The van der Waals surface area contributed by atoms with Gasteiger partial charge in [0.2, 0.25) is 5.91 Å². The maximum Gasteiger partial charge on any atom is 0.311 e. The lowest BCUT2D eigenvalue weighted by Gasteiger charge is -2.26. The molecule has 0 saturated carbocycles. The average molecular weight is 346 g/mol. The summed E-state index contributed by atoms with van der Waals surface area (Å²) in [4.78, 5) is 35.7. The van der Waals surface area contributed by atoms with Gasteiger partial charge in [-0.25, -0.2) is 4.68 Å². The molecule has 2 rings (SSSR count). The van der Waals surface area contributed by atoms with Crippen LogP contribution in [0, 0.1) is 5.41 Å². The van der Waals surface area contributed by atoms with Gasteiger partial charge in [0.1, 0.15) is 5.52 Å². The molecule has 0 radical (unpaired) electrons. The van der Waals surface area contributed by atoms with Crippen LogP contribution in [0.4, 0.5) is 0 Å². The van der Waals surface area contributed by atoms with Crippen LogP contribution in [0.15, 0.2) is 29.1 Å². The van der Waals surface area contributed by atoms with Crippen LogP contribution in [0.1, 0.15) is 33.1 Å². The van der Waals surface area contributed by atoms with Crippen molar-refractivity contribution in [1.82, 2.24) is 20.3 Å². The normalized spacial score (nSPS) is 11.4. The number of carbonyl (C=O) groups excluding carboxylic acids is 1. The number of hydrogen-bond donors (Lipinski definition) is 2. The molecule has 0 saturated heterocycles. The highest BCUT2D eigenvalue weighted by Gasteiger charge is 2.35. The number of hydrogen-bond acceptors (Lipinski definition) is 5. The molecule has 1 heterocycles. The van der Waals surface area contributed by atoms with E-state index in [0.29, 0.717) is 23.7 Å². The van der Waals surface area contributed by atoms with Crippen molar-refractivity contribution in [3.8, 4) is 0 Å². The van der Waals surface area contributed by atoms with Crippen molar-refractivity contribution in [2.45, 2.75) is 39.7 Å². The van der Waals surface area contributed by atoms with Crippen molar-refractivity contribution in [3.63, 3.8) is 0 Å². The van der Waals surface area contributed by atoms with Crippen LogP contribution >= 0.6 is 0 Å². The SMILES string of the molecule is CCC(CC)(CNC(=O)CCn1nnc2ccccc2c1=O)C(=O)O. The number of carbonyl (C=O) groups is 2. The van der Waals surface area contributed by atoms with Crippen molar-refractivity contribution < 1.29 is 14.7 Å². The first-order chi connectivity index (χ1) is 11.9. The summed E-state index contributed by atoms with van der Waals surface area (Å²) in [5, 5.41) is 20.2. The molecule has 8 nitrogen and oxygen atoms in total. The Morgan fingerprint density at radius 3 is 2.56 bits per heavy atom. The topological polar surface area (TPSA) is 114 Å². The van der Waals surface area contributed by atoms with Crippen LogP contribution in [0.5, 0.6) is 0 Å². The monoisotopic (exact) mass is 346 g/mol. The molecule has 0 aliphatic carbocycles. The fourth-order valence-corrected chi connectivity index (χ4v) is 2.61. The zero-order valence-electron chi connectivity index (χ0n) is 14.4. The number of fused-ring (bicyclic) bond motifs is 1. The van der Waals surface area contributed by atoms with E-state index in [0.717, 1.165) is 4.68 Å². The van der Waals surface area contributed by atoms with E-state index in [1.807, 2.05) is 0 Å². The summed E-state index contributed by atoms with van der Waals surface area (Å²) in [5.41, 5.74) is -0.763. The molecule has 0 bridgehead atoms. The molecule has 25 heavy (non-hydrogen) atoms. The van der Waals surface area contributed by atoms with Gasteiger partial charge < -0.3 is 10.4 Å². The molecule has 0 aliphatic rings. The lowest BCUT2D eigenvalue weighted by Crippen LogP contribution is -2.42. The van der Waals surface area contributed by atoms with Gasteiger partial charge in [-0.2, -0.15) is 0 Å². The third-order valence-corrected chi connectivity index (χ3v) is 4.61. The van der Waals surface area contributed by atoms with E-state index in [2.05, 4.69) is 15.6 Å². The maximum atomic E-state index is 12.3. The first-order valence-corrected chi connectivity index (χ1v) is 8.26. The second-order valence-electron chi connectivity index (χ2n) is 5.95. The molecule has 0 unspecified atom stereocenters. The molecular weight excluding hydrogens is 324 g/mol. The second-order valence-corrected chi connectivity index (χ2v) is 5.95. The van der Waals surface area contributed by atoms with Gasteiger partial charge in [0, 0.05) is 13.0 Å². The Hall–Kier alpha value is -2.77. The standard InChI is InChI=1S/C17H22N4O4/c1-3-17(4-2,16(24)25)11-18-14(22)9-10-21-15(23)12-7-5-6-8-13(12)19-20-21/h5-8H,3-4,9-11H2,1-2H3,(H,18,22)(H,24,25). The van der Waals surface area contributed by atoms with E-state index in [4.69, 9.17) is 0 Å². The summed E-state index contributed by atoms with van der Waals surface area (Å²) in [6, 6.07) is 6.86. The van der Waals surface area contributed by atoms with E-state index < -0.39 is 11.4 Å². The average Bonchev–Trinajstić information content (AvgIpc) is 2.62. The van der Waals surface area contributed by atoms with Crippen LogP contribution in [-0.2, 0) is 16.1 Å². The van der Waals surface area contributed by atoms with Crippen LogP contribution in [-0.4, -0.2) is 38.5 Å². The summed E-state index contributed by atoms with van der Waals surface area (Å²) in [7, 11) is 0. The highest BCUT2D eigenvalue weighted by atomic mass is 16.4. The van der Waals surface area contributed by atoms with Gasteiger partial charge in [0.05, 0.1) is 17.3 Å². The summed E-state index contributed by atoms with van der Waals surface area (Å²) in [6.45, 7) is 3.72. The predicted octanol–water partition coefficient (Wildman–Crippen LogP) is 1.19. The molecular formula is C17H22N4O4. The Balaban J connectivity index is 2.00. The van der Waals surface area contributed by atoms with Crippen molar-refractivity contribution in [2.75, 3.05) is 6.54 Å². The zero-order valence-corrected chi connectivity index (χ0v) is 14.4. The lowest BCUT2D eigenvalue weighted by atomic mass is 9.82. The Kier molecular flexibility index (Phi) is 5.84. The molecule has 8 heteroatoms. The summed E-state index contributed by atoms with van der Waals surface area (Å²) >= 11 is 0. The smallest absolute Gasteiger partial charge is 0.311 e. The maximum absolute atomic E-state index is 12.3. The number of nitrogens with one attached hydrogen (secondary N) is 1. The van der Waals surface area contributed by atoms with E-state index >= 15 is 0 Å². The Morgan fingerprint density at radius 1 is 1.24 bits per heavy atom. The molecule has 134 valence electrons. The minimum Gasteiger partial charge on any atom is -0.481 e. The van der Waals surface area contributed by atoms with Crippen molar-refractivity contribution in [1.29, 1.82) is 0 Å². The number of aryl methyl sites for hydroxylation is 1. The number of aliphatic carboxylic acids is 1. The van der Waals surface area contributed by atoms with Gasteiger partial charge in [0.25, 0.3) is 5.56 Å². The van der Waals surface area contributed by atoms with Gasteiger partial charge in [-0.05, 0) is 25.0 Å². The van der Waals surface area contributed by atoms with Gasteiger partial charge in [-0.3, -0.25) is 14.4 Å². The number of nitrogens with zero attached hydrogens (tertiary/aromatic N) is 3. The molecule has 1 aromatic carbocycles. The minimum atomic E-state index is -0.963. The van der Waals surface area contributed by atoms with Crippen LogP contribution in [0.25, 0.3) is 10.9 Å². The van der Waals surface area contributed by atoms with Crippen LogP contribution < -0.4 is 10.9 Å². The fourth-order valence-electron chi connectivity index (χ4n) is 2.61. The quantitative estimate of drug-likeness (QED) is 0.742. The molecule has 0 aliphatic heterocycles. The van der Waals surface area contributed by atoms with E-state index in [-0.39, 0.29) is 31.0 Å². The van der Waals surface area contributed by atoms with Gasteiger partial charge in [0.15, 0.2) is 0 Å². The number of benzene rings is 1.